The maximum atomic E-state index is 11.1. The number of halogens is 1. The summed E-state index contributed by atoms with van der Waals surface area (Å²) < 4.78 is 4.46. The Morgan fingerprint density at radius 2 is 2.40 bits per heavy atom. The molecule has 1 rings (SSSR count). The van der Waals surface area contributed by atoms with Crippen LogP contribution in [-0.2, 0) is 9.53 Å². The molecule has 0 spiro atoms. The zero-order valence-corrected chi connectivity index (χ0v) is 8.73. The van der Waals surface area contributed by atoms with Crippen LogP contribution >= 0.6 is 11.6 Å². The van der Waals surface area contributed by atoms with E-state index in [2.05, 4.69) is 20.3 Å². The number of anilines is 1. The van der Waals surface area contributed by atoms with Gasteiger partial charge in [0.25, 0.3) is 0 Å². The second kappa shape index (κ2) is 5.47. The van der Waals surface area contributed by atoms with Crippen LogP contribution in [0.25, 0.3) is 0 Å². The molecule has 1 heterocycles. The highest BCUT2D eigenvalue weighted by molar-refractivity contribution is 6.29. The number of carbonyl (C=O) groups excluding carboxylic acids is 1. The predicted octanol–water partition coefficient (Wildman–Crippen LogP) is 0.0758. The average molecular weight is 232 g/mol. The Bertz CT molecular complexity index is 330. The van der Waals surface area contributed by atoms with Gasteiger partial charge in [-0.15, -0.1) is 10.2 Å². The van der Waals surface area contributed by atoms with Crippen LogP contribution in [0.15, 0.2) is 12.1 Å². The normalized spacial score (nSPS) is 11.9. The van der Waals surface area contributed by atoms with Crippen LogP contribution in [0.4, 0.5) is 5.82 Å². The Kier molecular flexibility index (Phi) is 4.26. The van der Waals surface area contributed by atoms with Crippen LogP contribution in [0.3, 0.4) is 0 Å². The summed E-state index contributed by atoms with van der Waals surface area (Å²) in [6.45, 7) is -0.392. The molecule has 0 amide bonds. The summed E-state index contributed by atoms with van der Waals surface area (Å²) in [7, 11) is 1.24. The zero-order valence-electron chi connectivity index (χ0n) is 7.98. The van der Waals surface area contributed by atoms with Crippen LogP contribution in [0, 0.1) is 0 Å². The first-order valence-electron chi connectivity index (χ1n) is 4.12. The van der Waals surface area contributed by atoms with Crippen LogP contribution in [0.1, 0.15) is 0 Å². The largest absolute Gasteiger partial charge is 0.467 e. The first-order chi connectivity index (χ1) is 7.17. The molecular formula is C8H10ClN3O3. The van der Waals surface area contributed by atoms with Crippen molar-refractivity contribution in [1.29, 1.82) is 0 Å². The summed E-state index contributed by atoms with van der Waals surface area (Å²) >= 11 is 5.53. The average Bonchev–Trinajstić information content (AvgIpc) is 2.27. The van der Waals surface area contributed by atoms with E-state index in [9.17, 15) is 4.79 Å². The number of hydrogen-bond donors (Lipinski definition) is 2. The lowest BCUT2D eigenvalue weighted by Gasteiger charge is -2.13. The van der Waals surface area contributed by atoms with Crippen LogP contribution in [0.5, 0.6) is 0 Å². The highest BCUT2D eigenvalue weighted by Gasteiger charge is 2.18. The molecule has 1 atom stereocenters. The Hall–Kier alpha value is -1.40. The molecule has 0 saturated heterocycles. The highest BCUT2D eigenvalue weighted by atomic mass is 35.5. The minimum Gasteiger partial charge on any atom is -0.467 e. The lowest BCUT2D eigenvalue weighted by atomic mass is 10.3. The summed E-state index contributed by atoms with van der Waals surface area (Å²) in [5.74, 6) is -0.238. The van der Waals surface area contributed by atoms with Crippen molar-refractivity contribution in [2.45, 2.75) is 6.04 Å². The predicted molar refractivity (Wildman–Crippen MR) is 53.6 cm³/mol. The summed E-state index contributed by atoms with van der Waals surface area (Å²) in [4.78, 5) is 11.1. The quantitative estimate of drug-likeness (QED) is 0.714. The fourth-order valence-electron chi connectivity index (χ4n) is 0.893. The minimum absolute atomic E-state index is 0.249. The molecule has 6 nitrogen and oxygen atoms in total. The number of aliphatic hydroxyl groups is 1. The van der Waals surface area contributed by atoms with Gasteiger partial charge in [-0.1, -0.05) is 11.6 Å². The van der Waals surface area contributed by atoms with Gasteiger partial charge in [-0.25, -0.2) is 4.79 Å². The molecule has 0 aliphatic carbocycles. The molecule has 1 aromatic rings. The van der Waals surface area contributed by atoms with Gasteiger partial charge >= 0.3 is 5.97 Å². The molecule has 0 aliphatic heterocycles. The molecule has 0 bridgehead atoms. The van der Waals surface area contributed by atoms with E-state index in [1.54, 1.807) is 6.07 Å². The Morgan fingerprint density at radius 3 is 2.87 bits per heavy atom. The smallest absolute Gasteiger partial charge is 0.330 e. The summed E-state index contributed by atoms with van der Waals surface area (Å²) in [5, 5.41) is 19.0. The molecule has 0 saturated carbocycles. The van der Waals surface area contributed by atoms with Gasteiger partial charge in [0.05, 0.1) is 13.7 Å². The van der Waals surface area contributed by atoms with E-state index in [1.807, 2.05) is 0 Å². The van der Waals surface area contributed by atoms with E-state index in [0.717, 1.165) is 0 Å². The molecule has 0 radical (unpaired) electrons. The van der Waals surface area contributed by atoms with Crippen molar-refractivity contribution in [2.24, 2.45) is 0 Å². The standard InChI is InChI=1S/C8H10ClN3O3/c1-15-8(14)5(4-13)10-7-3-2-6(9)11-12-7/h2-3,5,13H,4H2,1H3,(H,10,12). The monoisotopic (exact) mass is 231 g/mol. The maximum absolute atomic E-state index is 11.1. The fraction of sp³-hybridized carbons (Fsp3) is 0.375. The van der Waals surface area contributed by atoms with Crippen molar-refractivity contribution >= 4 is 23.4 Å². The van der Waals surface area contributed by atoms with Crippen molar-refractivity contribution in [3.8, 4) is 0 Å². The molecule has 1 aromatic heterocycles. The Morgan fingerprint density at radius 1 is 1.67 bits per heavy atom. The van der Waals surface area contributed by atoms with Crippen molar-refractivity contribution in [3.05, 3.63) is 17.3 Å². The van der Waals surface area contributed by atoms with Gasteiger partial charge in [-0.05, 0) is 12.1 Å². The summed E-state index contributed by atoms with van der Waals surface area (Å²) in [6.07, 6.45) is 0. The molecular weight excluding hydrogens is 222 g/mol. The van der Waals surface area contributed by atoms with Gasteiger partial charge < -0.3 is 15.2 Å². The van der Waals surface area contributed by atoms with Gasteiger partial charge in [0.1, 0.15) is 11.9 Å². The third kappa shape index (κ3) is 3.34. The Balaban J connectivity index is 2.66. The van der Waals surface area contributed by atoms with Gasteiger partial charge in [-0.3, -0.25) is 0 Å². The second-order valence-electron chi connectivity index (χ2n) is 2.64. The maximum Gasteiger partial charge on any atom is 0.330 e. The molecule has 15 heavy (non-hydrogen) atoms. The third-order valence-corrected chi connectivity index (χ3v) is 1.82. The van der Waals surface area contributed by atoms with Gasteiger partial charge in [-0.2, -0.15) is 0 Å². The number of esters is 1. The molecule has 0 aromatic carbocycles. The lowest BCUT2D eigenvalue weighted by Crippen LogP contribution is -2.34. The third-order valence-electron chi connectivity index (χ3n) is 1.62. The number of ether oxygens (including phenoxy) is 1. The number of nitrogens with one attached hydrogen (secondary N) is 1. The van der Waals surface area contributed by atoms with E-state index >= 15 is 0 Å². The van der Waals surface area contributed by atoms with Gasteiger partial charge in [0, 0.05) is 0 Å². The topological polar surface area (TPSA) is 84.3 Å². The summed E-state index contributed by atoms with van der Waals surface area (Å²) in [6, 6.07) is 2.20. The number of carbonyl (C=O) groups is 1. The van der Waals surface area contributed by atoms with Gasteiger partial charge in [0.15, 0.2) is 5.15 Å². The first-order valence-corrected chi connectivity index (χ1v) is 4.49. The molecule has 2 N–H and O–H groups in total. The summed E-state index contributed by atoms with van der Waals surface area (Å²) in [5.41, 5.74) is 0. The molecule has 7 heteroatoms. The van der Waals surface area contributed by atoms with E-state index in [-0.39, 0.29) is 5.15 Å². The minimum atomic E-state index is -0.856. The van der Waals surface area contributed by atoms with Crippen molar-refractivity contribution in [2.75, 3.05) is 19.0 Å². The van der Waals surface area contributed by atoms with Gasteiger partial charge in [0.2, 0.25) is 0 Å². The fourth-order valence-corrected chi connectivity index (χ4v) is 0.994. The first kappa shape index (κ1) is 11.7. The van der Waals surface area contributed by atoms with E-state index in [1.165, 1.54) is 13.2 Å². The molecule has 1 unspecified atom stereocenters. The number of nitrogens with zero attached hydrogens (tertiary/aromatic N) is 2. The van der Waals surface area contributed by atoms with Crippen molar-refractivity contribution in [1.82, 2.24) is 10.2 Å². The SMILES string of the molecule is COC(=O)C(CO)Nc1ccc(Cl)nn1. The zero-order chi connectivity index (χ0) is 11.3. The van der Waals surface area contributed by atoms with E-state index < -0.39 is 18.6 Å². The number of rotatable bonds is 4. The number of aliphatic hydroxyl groups excluding tert-OH is 1. The van der Waals surface area contributed by atoms with Crippen LogP contribution < -0.4 is 5.32 Å². The van der Waals surface area contributed by atoms with Crippen molar-refractivity contribution in [3.63, 3.8) is 0 Å². The highest BCUT2D eigenvalue weighted by Crippen LogP contribution is 2.07. The van der Waals surface area contributed by atoms with Crippen molar-refractivity contribution < 1.29 is 14.6 Å². The van der Waals surface area contributed by atoms with Crippen LogP contribution in [-0.4, -0.2) is 41.0 Å². The number of aromatic nitrogens is 2. The lowest BCUT2D eigenvalue weighted by molar-refractivity contribution is -0.142. The van der Waals surface area contributed by atoms with Crippen LogP contribution in [0.2, 0.25) is 5.15 Å². The molecule has 82 valence electrons. The molecule has 0 fully saturated rings. The Labute approximate surface area is 91.2 Å². The number of hydrogen-bond acceptors (Lipinski definition) is 6. The van der Waals surface area contributed by atoms with E-state index in [0.29, 0.717) is 5.82 Å². The number of methoxy groups -OCH3 is 1. The molecule has 0 aliphatic rings. The van der Waals surface area contributed by atoms with E-state index in [4.69, 9.17) is 16.7 Å². The second-order valence-corrected chi connectivity index (χ2v) is 3.03.